The van der Waals surface area contributed by atoms with Crippen LogP contribution in [0.2, 0.25) is 0 Å². The van der Waals surface area contributed by atoms with Crippen LogP contribution < -0.4 is 0 Å². The topological polar surface area (TPSA) is 65.2 Å². The first-order chi connectivity index (χ1) is 10.3. The van der Waals surface area contributed by atoms with Gasteiger partial charge in [-0.2, -0.15) is 0 Å². The second kappa shape index (κ2) is 6.91. The zero-order valence-corrected chi connectivity index (χ0v) is 13.4. The van der Waals surface area contributed by atoms with Crippen LogP contribution in [0.3, 0.4) is 0 Å². The van der Waals surface area contributed by atoms with E-state index in [2.05, 4.69) is 10.2 Å². The SMILES string of the molecule is CC(C)(C)OC(=O)CSc1nnc(Cc2ccccc2F)o1. The molecule has 2 rings (SSSR count). The lowest BCUT2D eigenvalue weighted by Gasteiger charge is -2.18. The van der Waals surface area contributed by atoms with E-state index in [9.17, 15) is 9.18 Å². The van der Waals surface area contributed by atoms with Gasteiger partial charge in [-0.25, -0.2) is 4.39 Å². The molecule has 1 heterocycles. The van der Waals surface area contributed by atoms with Crippen LogP contribution in [0.25, 0.3) is 0 Å². The highest BCUT2D eigenvalue weighted by Gasteiger charge is 2.18. The van der Waals surface area contributed by atoms with Gasteiger partial charge in [0.2, 0.25) is 5.89 Å². The largest absolute Gasteiger partial charge is 0.459 e. The summed E-state index contributed by atoms with van der Waals surface area (Å²) >= 11 is 1.10. The third-order valence-corrected chi connectivity index (χ3v) is 3.27. The van der Waals surface area contributed by atoms with Gasteiger partial charge in [-0.1, -0.05) is 30.0 Å². The van der Waals surface area contributed by atoms with E-state index in [1.807, 2.05) is 0 Å². The first-order valence-electron chi connectivity index (χ1n) is 6.74. The van der Waals surface area contributed by atoms with Crippen LogP contribution in [0.1, 0.15) is 32.2 Å². The standard InChI is InChI=1S/C15H17FN2O3S/c1-15(2,3)21-13(19)9-22-14-18-17-12(20-14)8-10-6-4-5-7-11(10)16/h4-7H,8-9H2,1-3H3. The molecule has 7 heteroatoms. The van der Waals surface area contributed by atoms with Crippen molar-refractivity contribution in [1.29, 1.82) is 0 Å². The van der Waals surface area contributed by atoms with E-state index in [-0.39, 0.29) is 29.2 Å². The Labute approximate surface area is 132 Å². The number of nitrogens with zero attached hydrogens (tertiary/aromatic N) is 2. The molecule has 0 saturated carbocycles. The maximum Gasteiger partial charge on any atom is 0.316 e. The lowest BCUT2D eigenvalue weighted by molar-refractivity contribution is -0.151. The highest BCUT2D eigenvalue weighted by Crippen LogP contribution is 2.20. The molecule has 0 saturated heterocycles. The van der Waals surface area contributed by atoms with E-state index >= 15 is 0 Å². The van der Waals surface area contributed by atoms with Gasteiger partial charge in [0.05, 0.1) is 6.42 Å². The van der Waals surface area contributed by atoms with Crippen molar-refractivity contribution in [3.63, 3.8) is 0 Å². The summed E-state index contributed by atoms with van der Waals surface area (Å²) in [4.78, 5) is 11.6. The average Bonchev–Trinajstić information content (AvgIpc) is 2.85. The summed E-state index contributed by atoms with van der Waals surface area (Å²) in [6, 6.07) is 6.40. The fraction of sp³-hybridized carbons (Fsp3) is 0.400. The van der Waals surface area contributed by atoms with E-state index in [1.165, 1.54) is 6.07 Å². The number of esters is 1. The van der Waals surface area contributed by atoms with Crippen LogP contribution in [0.15, 0.2) is 33.9 Å². The summed E-state index contributed by atoms with van der Waals surface area (Å²) in [7, 11) is 0. The van der Waals surface area contributed by atoms with E-state index in [0.29, 0.717) is 11.5 Å². The molecule has 0 aliphatic heterocycles. The molecule has 1 aromatic carbocycles. The lowest BCUT2D eigenvalue weighted by Crippen LogP contribution is -2.24. The Hall–Kier alpha value is -1.89. The van der Waals surface area contributed by atoms with Gasteiger partial charge >= 0.3 is 5.97 Å². The quantitative estimate of drug-likeness (QED) is 0.621. The molecule has 22 heavy (non-hydrogen) atoms. The van der Waals surface area contributed by atoms with Crippen LogP contribution in [0.4, 0.5) is 4.39 Å². The first kappa shape index (κ1) is 16.5. The Bertz CT molecular complexity index is 652. The van der Waals surface area contributed by atoms with E-state index in [4.69, 9.17) is 9.15 Å². The van der Waals surface area contributed by atoms with Crippen molar-refractivity contribution in [2.45, 2.75) is 38.0 Å². The highest BCUT2D eigenvalue weighted by atomic mass is 32.2. The molecular formula is C15H17FN2O3S. The van der Waals surface area contributed by atoms with Crippen molar-refractivity contribution in [2.75, 3.05) is 5.75 Å². The van der Waals surface area contributed by atoms with Crippen molar-refractivity contribution >= 4 is 17.7 Å². The Morgan fingerprint density at radius 2 is 2.05 bits per heavy atom. The molecule has 0 bridgehead atoms. The zero-order chi connectivity index (χ0) is 16.2. The third-order valence-electron chi connectivity index (χ3n) is 2.48. The second-order valence-corrected chi connectivity index (χ2v) is 6.53. The minimum atomic E-state index is -0.525. The predicted octanol–water partition coefficient (Wildman–Crippen LogP) is 3.23. The average molecular weight is 324 g/mol. The maximum absolute atomic E-state index is 13.5. The van der Waals surface area contributed by atoms with E-state index < -0.39 is 5.60 Å². The van der Waals surface area contributed by atoms with Gasteiger partial charge in [0.25, 0.3) is 5.22 Å². The zero-order valence-electron chi connectivity index (χ0n) is 12.6. The monoisotopic (exact) mass is 324 g/mol. The number of carbonyl (C=O) groups is 1. The predicted molar refractivity (Wildman–Crippen MR) is 80.1 cm³/mol. The normalized spacial score (nSPS) is 11.5. The number of aromatic nitrogens is 2. The van der Waals surface area contributed by atoms with Crippen LogP contribution in [-0.4, -0.2) is 27.5 Å². The molecule has 118 valence electrons. The molecule has 0 atom stereocenters. The third kappa shape index (κ3) is 5.14. The maximum atomic E-state index is 13.5. The molecule has 1 aromatic heterocycles. The Morgan fingerprint density at radius 1 is 1.32 bits per heavy atom. The van der Waals surface area contributed by atoms with Gasteiger partial charge in [0.15, 0.2) is 0 Å². The smallest absolute Gasteiger partial charge is 0.316 e. The minimum absolute atomic E-state index is 0.0819. The van der Waals surface area contributed by atoms with Crippen LogP contribution >= 0.6 is 11.8 Å². The van der Waals surface area contributed by atoms with Gasteiger partial charge in [-0.15, -0.1) is 10.2 Å². The summed E-state index contributed by atoms with van der Waals surface area (Å²) in [6.07, 6.45) is 0.215. The van der Waals surface area contributed by atoms with Crippen LogP contribution in [0.5, 0.6) is 0 Å². The number of carbonyl (C=O) groups excluding carboxylic acids is 1. The van der Waals surface area contributed by atoms with Crippen LogP contribution in [-0.2, 0) is 16.0 Å². The molecular weight excluding hydrogens is 307 g/mol. The number of ether oxygens (including phenoxy) is 1. The molecule has 0 unspecified atom stereocenters. The van der Waals surface area contributed by atoms with Crippen molar-refractivity contribution < 1.29 is 18.3 Å². The molecule has 0 fully saturated rings. The summed E-state index contributed by atoms with van der Waals surface area (Å²) in [5.41, 5.74) is -0.0440. The number of thioether (sulfide) groups is 1. The summed E-state index contributed by atoms with van der Waals surface area (Å²) < 4.78 is 24.1. The van der Waals surface area contributed by atoms with E-state index in [1.54, 1.807) is 39.0 Å². The summed E-state index contributed by atoms with van der Waals surface area (Å²) in [5.74, 6) is -0.287. The summed E-state index contributed by atoms with van der Waals surface area (Å²) in [5, 5.41) is 7.94. The van der Waals surface area contributed by atoms with Gasteiger partial charge in [0.1, 0.15) is 17.2 Å². The fourth-order valence-corrected chi connectivity index (χ4v) is 2.22. The molecule has 5 nitrogen and oxygen atoms in total. The van der Waals surface area contributed by atoms with Crippen molar-refractivity contribution in [1.82, 2.24) is 10.2 Å². The molecule has 0 aliphatic rings. The molecule has 0 radical (unpaired) electrons. The Morgan fingerprint density at radius 3 is 2.73 bits per heavy atom. The molecule has 0 aliphatic carbocycles. The Balaban J connectivity index is 1.89. The molecule has 0 N–H and O–H groups in total. The fourth-order valence-electron chi connectivity index (χ4n) is 1.66. The number of rotatable bonds is 5. The van der Waals surface area contributed by atoms with Gasteiger partial charge in [-0.05, 0) is 32.4 Å². The van der Waals surface area contributed by atoms with Gasteiger partial charge < -0.3 is 9.15 Å². The van der Waals surface area contributed by atoms with Crippen molar-refractivity contribution in [3.8, 4) is 0 Å². The number of hydrogen-bond donors (Lipinski definition) is 0. The van der Waals surface area contributed by atoms with Crippen molar-refractivity contribution in [2.24, 2.45) is 0 Å². The first-order valence-corrected chi connectivity index (χ1v) is 7.72. The minimum Gasteiger partial charge on any atom is -0.459 e. The number of benzene rings is 1. The van der Waals surface area contributed by atoms with Crippen LogP contribution in [0, 0.1) is 5.82 Å². The van der Waals surface area contributed by atoms with Gasteiger partial charge in [-0.3, -0.25) is 4.79 Å². The number of hydrogen-bond acceptors (Lipinski definition) is 6. The molecule has 0 spiro atoms. The summed E-state index contributed by atoms with van der Waals surface area (Å²) in [6.45, 7) is 5.40. The highest BCUT2D eigenvalue weighted by molar-refractivity contribution is 7.99. The molecule has 2 aromatic rings. The van der Waals surface area contributed by atoms with Crippen molar-refractivity contribution in [3.05, 3.63) is 41.5 Å². The molecule has 0 amide bonds. The lowest BCUT2D eigenvalue weighted by atomic mass is 10.1. The second-order valence-electron chi connectivity index (χ2n) is 5.61. The van der Waals surface area contributed by atoms with E-state index in [0.717, 1.165) is 11.8 Å². The Kier molecular flexibility index (Phi) is 5.18. The van der Waals surface area contributed by atoms with Gasteiger partial charge in [0, 0.05) is 0 Å². The number of halogens is 1.